The molecule has 1 amide bonds. The third-order valence-corrected chi connectivity index (χ3v) is 4.29. The Kier molecular flexibility index (Phi) is 4.94. The van der Waals surface area contributed by atoms with Gasteiger partial charge in [0.2, 0.25) is 0 Å². The van der Waals surface area contributed by atoms with Crippen molar-refractivity contribution in [2.75, 3.05) is 31.5 Å². The van der Waals surface area contributed by atoms with Crippen molar-refractivity contribution in [1.29, 1.82) is 0 Å². The maximum atomic E-state index is 12.2. The number of nitro benzene ring substituents is 1. The van der Waals surface area contributed by atoms with Crippen molar-refractivity contribution >= 4 is 34.6 Å². The molecule has 25 heavy (non-hydrogen) atoms. The third kappa shape index (κ3) is 3.77. The molecule has 8 nitrogen and oxygen atoms in total. The van der Waals surface area contributed by atoms with Crippen molar-refractivity contribution in [1.82, 2.24) is 9.80 Å². The number of amides is 1. The quantitative estimate of drug-likeness (QED) is 0.510. The summed E-state index contributed by atoms with van der Waals surface area (Å²) in [7, 11) is 0. The van der Waals surface area contributed by atoms with Crippen LogP contribution in [0.1, 0.15) is 10.6 Å². The van der Waals surface area contributed by atoms with Gasteiger partial charge in [-0.2, -0.15) is 0 Å². The number of nitro groups is 1. The number of benzene rings is 1. The van der Waals surface area contributed by atoms with Gasteiger partial charge >= 0.3 is 0 Å². The molecule has 1 aromatic heterocycles. The van der Waals surface area contributed by atoms with Gasteiger partial charge < -0.3 is 19.5 Å². The van der Waals surface area contributed by atoms with E-state index in [0.29, 0.717) is 42.7 Å². The molecule has 1 aromatic carbocycles. The summed E-state index contributed by atoms with van der Waals surface area (Å²) in [5.74, 6) is 0.163. The minimum Gasteiger partial charge on any atom is -0.459 e. The first-order valence-electron chi connectivity index (χ1n) is 7.68. The molecule has 1 aliphatic heterocycles. The lowest BCUT2D eigenvalue weighted by Gasteiger charge is -2.35. The summed E-state index contributed by atoms with van der Waals surface area (Å²) in [6.07, 6.45) is 1.47. The molecule has 0 bridgehead atoms. The fourth-order valence-electron chi connectivity index (χ4n) is 2.60. The zero-order valence-corrected chi connectivity index (χ0v) is 14.1. The highest BCUT2D eigenvalue weighted by atomic mass is 32.1. The van der Waals surface area contributed by atoms with E-state index in [2.05, 4.69) is 5.32 Å². The maximum Gasteiger partial charge on any atom is 0.292 e. The van der Waals surface area contributed by atoms with Gasteiger partial charge in [-0.15, -0.1) is 0 Å². The molecule has 0 saturated carbocycles. The number of hydrogen-bond acceptors (Lipinski definition) is 5. The van der Waals surface area contributed by atoms with Gasteiger partial charge in [0.25, 0.3) is 11.6 Å². The smallest absolute Gasteiger partial charge is 0.292 e. The van der Waals surface area contributed by atoms with E-state index in [4.69, 9.17) is 16.6 Å². The molecule has 2 aromatic rings. The van der Waals surface area contributed by atoms with E-state index in [1.165, 1.54) is 12.3 Å². The van der Waals surface area contributed by atoms with E-state index in [-0.39, 0.29) is 11.6 Å². The summed E-state index contributed by atoms with van der Waals surface area (Å²) in [6.45, 7) is 2.08. The molecule has 1 N–H and O–H groups in total. The number of carbonyl (C=O) groups excluding carboxylic acids is 1. The Balaban J connectivity index is 1.59. The minimum absolute atomic E-state index is 0.0310. The number of hydrogen-bond donors (Lipinski definition) is 1. The molecule has 130 valence electrons. The summed E-state index contributed by atoms with van der Waals surface area (Å²) in [5, 5.41) is 14.4. The van der Waals surface area contributed by atoms with Crippen molar-refractivity contribution in [2.24, 2.45) is 0 Å². The highest BCUT2D eigenvalue weighted by Gasteiger charge is 2.25. The zero-order valence-electron chi connectivity index (χ0n) is 13.3. The van der Waals surface area contributed by atoms with E-state index >= 15 is 0 Å². The molecule has 1 saturated heterocycles. The number of para-hydroxylation sites is 2. The first kappa shape index (κ1) is 16.9. The molecule has 0 spiro atoms. The SMILES string of the molecule is O=C(c1ccco1)N1CCN(C(=S)Nc2ccccc2[N+](=O)[O-])CC1. The monoisotopic (exact) mass is 360 g/mol. The highest BCUT2D eigenvalue weighted by molar-refractivity contribution is 7.80. The predicted octanol–water partition coefficient (Wildman–Crippen LogP) is 2.34. The summed E-state index contributed by atoms with van der Waals surface area (Å²) >= 11 is 5.36. The molecule has 0 unspecified atom stereocenters. The van der Waals surface area contributed by atoms with Gasteiger partial charge in [-0.1, -0.05) is 12.1 Å². The number of carbonyl (C=O) groups is 1. The number of thiocarbonyl (C=S) groups is 1. The van der Waals surface area contributed by atoms with Crippen LogP contribution in [0.25, 0.3) is 0 Å². The molecule has 1 fully saturated rings. The number of nitrogens with one attached hydrogen (secondary N) is 1. The van der Waals surface area contributed by atoms with Crippen molar-refractivity contribution in [3.63, 3.8) is 0 Å². The largest absolute Gasteiger partial charge is 0.459 e. The molecule has 1 aliphatic rings. The Morgan fingerprint density at radius 3 is 2.44 bits per heavy atom. The number of furan rings is 1. The van der Waals surface area contributed by atoms with Crippen LogP contribution in [-0.2, 0) is 0 Å². The lowest BCUT2D eigenvalue weighted by atomic mass is 10.2. The molecule has 0 radical (unpaired) electrons. The second-order valence-corrected chi connectivity index (χ2v) is 5.85. The molecule has 2 heterocycles. The van der Waals surface area contributed by atoms with Crippen molar-refractivity contribution in [3.05, 3.63) is 58.5 Å². The highest BCUT2D eigenvalue weighted by Crippen LogP contribution is 2.23. The van der Waals surface area contributed by atoms with Gasteiger partial charge in [0, 0.05) is 32.2 Å². The Morgan fingerprint density at radius 2 is 1.80 bits per heavy atom. The van der Waals surface area contributed by atoms with Crippen molar-refractivity contribution in [3.8, 4) is 0 Å². The van der Waals surface area contributed by atoms with Crippen LogP contribution >= 0.6 is 12.2 Å². The van der Waals surface area contributed by atoms with Crippen molar-refractivity contribution in [2.45, 2.75) is 0 Å². The predicted molar refractivity (Wildman–Crippen MR) is 95.5 cm³/mol. The summed E-state index contributed by atoms with van der Waals surface area (Å²) in [4.78, 5) is 26.4. The van der Waals surface area contributed by atoms with E-state index in [0.717, 1.165) is 0 Å². The van der Waals surface area contributed by atoms with Crippen LogP contribution in [0.2, 0.25) is 0 Å². The van der Waals surface area contributed by atoms with E-state index in [9.17, 15) is 14.9 Å². The molecule has 0 aliphatic carbocycles. The summed E-state index contributed by atoms with van der Waals surface area (Å²) in [6, 6.07) is 9.65. The fraction of sp³-hybridized carbons (Fsp3) is 0.250. The number of rotatable bonds is 3. The normalized spacial score (nSPS) is 14.2. The van der Waals surface area contributed by atoms with Crippen molar-refractivity contribution < 1.29 is 14.1 Å². The molecule has 9 heteroatoms. The topological polar surface area (TPSA) is 91.9 Å². The van der Waals surface area contributed by atoms with Gasteiger partial charge in [0.1, 0.15) is 5.69 Å². The zero-order chi connectivity index (χ0) is 17.8. The van der Waals surface area contributed by atoms with Gasteiger partial charge in [-0.05, 0) is 30.4 Å². The standard InChI is InChI=1S/C16H16N4O4S/c21-15(14-6-3-11-24-14)18-7-9-19(10-8-18)16(25)17-12-4-1-2-5-13(12)20(22)23/h1-6,11H,7-10H2,(H,17,25). The van der Waals surface area contributed by atoms with E-state index < -0.39 is 4.92 Å². The van der Waals surface area contributed by atoms with Gasteiger partial charge in [0.15, 0.2) is 10.9 Å². The van der Waals surface area contributed by atoms with Crippen LogP contribution in [-0.4, -0.2) is 51.9 Å². The Morgan fingerprint density at radius 1 is 1.12 bits per heavy atom. The average Bonchev–Trinajstić information content (AvgIpc) is 3.16. The number of piperazine rings is 1. The average molecular weight is 360 g/mol. The lowest BCUT2D eigenvalue weighted by Crippen LogP contribution is -2.51. The summed E-state index contributed by atoms with van der Waals surface area (Å²) < 4.78 is 5.13. The third-order valence-electron chi connectivity index (χ3n) is 3.93. The maximum absolute atomic E-state index is 12.2. The Bertz CT molecular complexity index is 785. The number of nitrogens with zero attached hydrogens (tertiary/aromatic N) is 3. The second kappa shape index (κ2) is 7.31. The van der Waals surface area contributed by atoms with Gasteiger partial charge in [0.05, 0.1) is 11.2 Å². The second-order valence-electron chi connectivity index (χ2n) is 5.46. The minimum atomic E-state index is -0.453. The Labute approximate surface area is 149 Å². The molecule has 0 atom stereocenters. The first-order valence-corrected chi connectivity index (χ1v) is 8.09. The van der Waals surface area contributed by atoms with Crippen LogP contribution in [0.5, 0.6) is 0 Å². The summed E-state index contributed by atoms with van der Waals surface area (Å²) in [5.41, 5.74) is 0.322. The Hall–Kier alpha value is -2.94. The van der Waals surface area contributed by atoms with Crippen LogP contribution in [0, 0.1) is 10.1 Å². The molecular formula is C16H16N4O4S. The van der Waals surface area contributed by atoms with E-state index in [1.54, 1.807) is 35.2 Å². The van der Waals surface area contributed by atoms with Crippen LogP contribution in [0.15, 0.2) is 47.1 Å². The fourth-order valence-corrected chi connectivity index (χ4v) is 2.89. The van der Waals surface area contributed by atoms with Crippen LogP contribution in [0.4, 0.5) is 11.4 Å². The first-order chi connectivity index (χ1) is 12.1. The van der Waals surface area contributed by atoms with Crippen LogP contribution < -0.4 is 5.32 Å². The molecule has 3 rings (SSSR count). The van der Waals surface area contributed by atoms with Crippen LogP contribution in [0.3, 0.4) is 0 Å². The molecular weight excluding hydrogens is 344 g/mol. The van der Waals surface area contributed by atoms with Gasteiger partial charge in [-0.3, -0.25) is 14.9 Å². The van der Waals surface area contributed by atoms with Gasteiger partial charge in [-0.25, -0.2) is 0 Å². The lowest BCUT2D eigenvalue weighted by molar-refractivity contribution is -0.383. The number of anilines is 1. The van der Waals surface area contributed by atoms with E-state index in [1.807, 2.05) is 4.90 Å².